The second-order valence-corrected chi connectivity index (χ2v) is 7.81. The summed E-state index contributed by atoms with van der Waals surface area (Å²) >= 11 is 1.53. The topological polar surface area (TPSA) is 53.4 Å². The number of rotatable bonds is 3. The van der Waals surface area contributed by atoms with Crippen LogP contribution in [0.4, 0.5) is 5.69 Å². The van der Waals surface area contributed by atoms with E-state index in [-0.39, 0.29) is 10.9 Å². The predicted octanol–water partition coefficient (Wildman–Crippen LogP) is 2.12. The van der Waals surface area contributed by atoms with Crippen LogP contribution in [0.25, 0.3) is 11.3 Å². The molecule has 0 saturated heterocycles. The highest BCUT2D eigenvalue weighted by atomic mass is 32.2. The zero-order chi connectivity index (χ0) is 18.4. The van der Waals surface area contributed by atoms with Crippen LogP contribution in [0.5, 0.6) is 0 Å². The monoisotopic (exact) mass is 367 g/mol. The average Bonchev–Trinajstić information content (AvgIpc) is 3.02. The molecule has 2 aliphatic rings. The second-order valence-electron chi connectivity index (χ2n) is 6.70. The van der Waals surface area contributed by atoms with Crippen LogP contribution >= 0.6 is 11.8 Å². The molecule has 7 heteroatoms. The molecule has 1 atom stereocenters. The highest BCUT2D eigenvalue weighted by Gasteiger charge is 2.35. The normalized spacial score (nSPS) is 17.6. The van der Waals surface area contributed by atoms with Gasteiger partial charge in [0.1, 0.15) is 16.6 Å². The fourth-order valence-electron chi connectivity index (χ4n) is 3.20. The Hall–Kier alpha value is -2.67. The van der Waals surface area contributed by atoms with E-state index in [9.17, 15) is 4.79 Å². The van der Waals surface area contributed by atoms with Crippen LogP contribution in [0.15, 0.2) is 58.3 Å². The number of likely N-dealkylation sites (N-methyl/N-ethyl adjacent to an activating group) is 1. The first kappa shape index (κ1) is 16.8. The van der Waals surface area contributed by atoms with Crippen molar-refractivity contribution in [2.24, 2.45) is 0 Å². The lowest BCUT2D eigenvalue weighted by atomic mass is 10.1. The van der Waals surface area contributed by atoms with Gasteiger partial charge < -0.3 is 15.1 Å². The van der Waals surface area contributed by atoms with Gasteiger partial charge in [0.05, 0.1) is 11.4 Å². The van der Waals surface area contributed by atoms with Crippen molar-refractivity contribution in [3.8, 4) is 5.69 Å². The third-order valence-electron chi connectivity index (χ3n) is 4.57. The molecule has 1 aromatic heterocycles. The van der Waals surface area contributed by atoms with E-state index in [0.29, 0.717) is 4.90 Å². The Morgan fingerprint density at radius 1 is 1.12 bits per heavy atom. The summed E-state index contributed by atoms with van der Waals surface area (Å²) in [5.74, 6) is 0. The maximum absolute atomic E-state index is 13.1. The molecular weight excluding hydrogens is 346 g/mol. The Labute approximate surface area is 156 Å². The quantitative estimate of drug-likeness (QED) is 0.897. The molecule has 0 aliphatic carbocycles. The molecule has 0 spiro atoms. The second kappa shape index (κ2) is 6.25. The molecule has 6 nitrogen and oxygen atoms in total. The molecule has 2 aromatic rings. The molecule has 0 saturated carbocycles. The number of hydrogen-bond donors (Lipinski definition) is 1. The first-order chi connectivity index (χ1) is 12.5. The lowest BCUT2D eigenvalue weighted by molar-refractivity contribution is 0.526. The SMILES string of the molecule is CN(C)C1=C2c3ncn(-c4ccc(N(C)C)cc4)c(=O)c3SC2NC=C1. The van der Waals surface area contributed by atoms with Gasteiger partial charge in [0.25, 0.3) is 5.56 Å². The van der Waals surface area contributed by atoms with E-state index in [4.69, 9.17) is 0 Å². The lowest BCUT2D eigenvalue weighted by Crippen LogP contribution is -2.27. The van der Waals surface area contributed by atoms with Gasteiger partial charge in [-0.2, -0.15) is 0 Å². The Morgan fingerprint density at radius 3 is 2.50 bits per heavy atom. The van der Waals surface area contributed by atoms with Crippen LogP contribution in [-0.2, 0) is 0 Å². The molecule has 3 heterocycles. The van der Waals surface area contributed by atoms with Gasteiger partial charge in [-0.1, -0.05) is 11.8 Å². The van der Waals surface area contributed by atoms with Crippen LogP contribution < -0.4 is 15.8 Å². The summed E-state index contributed by atoms with van der Waals surface area (Å²) in [5.41, 5.74) is 4.82. The molecule has 0 fully saturated rings. The van der Waals surface area contributed by atoms with Crippen LogP contribution in [0.3, 0.4) is 0 Å². The van der Waals surface area contributed by atoms with Crippen molar-refractivity contribution < 1.29 is 0 Å². The molecular formula is C19H21N5OS. The number of hydrogen-bond acceptors (Lipinski definition) is 6. The predicted molar refractivity (Wildman–Crippen MR) is 107 cm³/mol. The zero-order valence-electron chi connectivity index (χ0n) is 15.2. The van der Waals surface area contributed by atoms with E-state index in [1.54, 1.807) is 10.9 Å². The minimum absolute atomic E-state index is 0.0274. The van der Waals surface area contributed by atoms with Crippen LogP contribution in [0, 0.1) is 0 Å². The van der Waals surface area contributed by atoms with E-state index < -0.39 is 0 Å². The summed E-state index contributed by atoms with van der Waals surface area (Å²) in [7, 11) is 8.00. The summed E-state index contributed by atoms with van der Waals surface area (Å²) in [5, 5.41) is 3.35. The summed E-state index contributed by atoms with van der Waals surface area (Å²) < 4.78 is 1.62. The van der Waals surface area contributed by atoms with Crippen molar-refractivity contribution in [2.45, 2.75) is 10.3 Å². The molecule has 26 heavy (non-hydrogen) atoms. The largest absolute Gasteiger partial charge is 0.378 e. The smallest absolute Gasteiger partial charge is 0.272 e. The number of thioether (sulfide) groups is 1. The van der Waals surface area contributed by atoms with Gasteiger partial charge in [0, 0.05) is 45.1 Å². The first-order valence-corrected chi connectivity index (χ1v) is 9.26. The van der Waals surface area contributed by atoms with Gasteiger partial charge in [-0.15, -0.1) is 0 Å². The van der Waals surface area contributed by atoms with E-state index in [0.717, 1.165) is 28.3 Å². The maximum atomic E-state index is 13.1. The standard InChI is InChI=1S/C19H21N5OS/c1-22(2)12-5-7-13(8-6-12)24-11-21-16-15-14(23(3)4)9-10-20-18(15)26-17(16)19(24)25/h5-11,18,20H,1-4H3. The molecule has 2 aliphatic heterocycles. The van der Waals surface area contributed by atoms with Crippen LogP contribution in [0.2, 0.25) is 0 Å². The highest BCUT2D eigenvalue weighted by Crippen LogP contribution is 2.44. The third kappa shape index (κ3) is 2.59. The van der Waals surface area contributed by atoms with Crippen molar-refractivity contribution in [3.05, 3.63) is 64.6 Å². The van der Waals surface area contributed by atoms with Crippen molar-refractivity contribution in [1.82, 2.24) is 19.8 Å². The minimum Gasteiger partial charge on any atom is -0.378 e. The van der Waals surface area contributed by atoms with Crippen molar-refractivity contribution in [2.75, 3.05) is 33.1 Å². The molecule has 1 aromatic carbocycles. The van der Waals surface area contributed by atoms with Crippen LogP contribution in [-0.4, -0.2) is 48.0 Å². The Balaban J connectivity index is 1.81. The summed E-state index contributed by atoms with van der Waals surface area (Å²) in [4.78, 5) is 22.5. The zero-order valence-corrected chi connectivity index (χ0v) is 16.0. The molecule has 1 N–H and O–H groups in total. The fourth-order valence-corrected chi connectivity index (χ4v) is 4.40. The minimum atomic E-state index is -0.0283. The van der Waals surface area contributed by atoms with Gasteiger partial charge in [0.2, 0.25) is 0 Å². The number of dihydropyridines is 1. The Kier molecular flexibility index (Phi) is 4.03. The lowest BCUT2D eigenvalue weighted by Gasteiger charge is -2.24. The average molecular weight is 367 g/mol. The molecule has 1 unspecified atom stereocenters. The molecule has 0 amide bonds. The van der Waals surface area contributed by atoms with E-state index in [1.165, 1.54) is 11.8 Å². The van der Waals surface area contributed by atoms with Crippen molar-refractivity contribution in [3.63, 3.8) is 0 Å². The van der Waals surface area contributed by atoms with Crippen molar-refractivity contribution in [1.29, 1.82) is 0 Å². The van der Waals surface area contributed by atoms with Gasteiger partial charge in [-0.3, -0.25) is 9.36 Å². The number of aromatic nitrogens is 2. The van der Waals surface area contributed by atoms with Gasteiger partial charge in [-0.25, -0.2) is 4.98 Å². The Bertz CT molecular complexity index is 972. The Morgan fingerprint density at radius 2 is 1.85 bits per heavy atom. The number of allylic oxidation sites excluding steroid dienone is 1. The number of fused-ring (bicyclic) bond motifs is 3. The van der Waals surface area contributed by atoms with E-state index in [1.807, 2.05) is 69.6 Å². The number of anilines is 1. The van der Waals surface area contributed by atoms with E-state index >= 15 is 0 Å². The number of benzene rings is 1. The highest BCUT2D eigenvalue weighted by molar-refractivity contribution is 8.00. The van der Waals surface area contributed by atoms with Crippen LogP contribution in [0.1, 0.15) is 5.69 Å². The summed E-state index contributed by atoms with van der Waals surface area (Å²) in [6.07, 6.45) is 5.59. The molecule has 0 radical (unpaired) electrons. The molecule has 134 valence electrons. The van der Waals surface area contributed by atoms with Crippen molar-refractivity contribution >= 4 is 23.0 Å². The maximum Gasteiger partial charge on any atom is 0.272 e. The number of nitrogens with zero attached hydrogens (tertiary/aromatic N) is 4. The molecule has 4 rings (SSSR count). The van der Waals surface area contributed by atoms with Gasteiger partial charge in [-0.05, 0) is 36.5 Å². The van der Waals surface area contributed by atoms with E-state index in [2.05, 4.69) is 15.2 Å². The fraction of sp³-hybridized carbons (Fsp3) is 0.263. The summed E-state index contributed by atoms with van der Waals surface area (Å²) in [6, 6.07) is 7.89. The van der Waals surface area contributed by atoms with Gasteiger partial charge >= 0.3 is 0 Å². The van der Waals surface area contributed by atoms with Gasteiger partial charge in [0.15, 0.2) is 0 Å². The summed E-state index contributed by atoms with van der Waals surface area (Å²) in [6.45, 7) is 0. The third-order valence-corrected chi connectivity index (χ3v) is 5.79. The molecule has 0 bridgehead atoms. The number of nitrogens with one attached hydrogen (secondary N) is 1. The first-order valence-electron chi connectivity index (χ1n) is 8.38.